The summed E-state index contributed by atoms with van der Waals surface area (Å²) >= 11 is 0.899. The van der Waals surface area contributed by atoms with Gasteiger partial charge < -0.3 is 5.32 Å². The molecule has 2 aromatic heterocycles. The number of azo groups is 2. The Morgan fingerprint density at radius 3 is 1.80 bits per heavy atom. The van der Waals surface area contributed by atoms with Crippen LogP contribution in [0.3, 0.4) is 0 Å². The highest BCUT2D eigenvalue weighted by Gasteiger charge is 2.28. The number of rotatable bonds is 18. The number of pyridine rings is 1. The maximum atomic E-state index is 15.0. The van der Waals surface area contributed by atoms with Crippen molar-refractivity contribution in [2.24, 2.45) is 20.5 Å². The van der Waals surface area contributed by atoms with Crippen LogP contribution in [0.25, 0.3) is 54.2 Å². The third-order valence-corrected chi connectivity index (χ3v) is 21.6. The van der Waals surface area contributed by atoms with Crippen molar-refractivity contribution >= 4 is 149 Å². The predicted octanol–water partition coefficient (Wildman–Crippen LogP) is 15.3. The Kier molecular flexibility index (Phi) is 16.9. The number of nitrogens with zero attached hydrogens (tertiary/aromatic N) is 7. The van der Waals surface area contributed by atoms with Gasteiger partial charge in [0.2, 0.25) is 0 Å². The van der Waals surface area contributed by atoms with E-state index in [9.17, 15) is 66.3 Å². The van der Waals surface area contributed by atoms with Crippen molar-refractivity contribution < 1.29 is 55.7 Å². The number of hydrogen-bond donors (Lipinski definition) is 6. The molecule has 23 nitrogen and oxygen atoms in total. The molecule has 0 aliphatic carbocycles. The molecule has 12 aromatic rings. The van der Waals surface area contributed by atoms with Gasteiger partial charge >= 0.3 is 0 Å². The van der Waals surface area contributed by atoms with Crippen LogP contribution in [0, 0.1) is 36.5 Å². The standard InChI is InChI=1S/C66H46N10O13S6/c1-38-14-16-40(17-15-38)28-58-56(36-67)39(2)63(64(70-58)69-47-24-26-51(27-25-47)93(81,82)83)72-73-65-57(37-68)62(46-19-18-41-8-3-4-9-43(41)29-46)66(90-65)74-71-48-22-21-45-31-52(91(77,78)76-50-30-44-10-5-6-12-53(44)61(34-50)95(87,88)89)35-60(55(45)32-48)92(79,80)75-49-23-20-42-11-7-13-59(54(42)33-49)94(84,85)86/h3-27,29-35,75-76H,28H2,1-2H3,(H,69,70)(H,81,82,83)(H,84,85,86)(H,87,88,89)/b73-72+,74-71+. The lowest BCUT2D eigenvalue weighted by molar-refractivity contribution is 0.481. The van der Waals surface area contributed by atoms with Gasteiger partial charge in [0.1, 0.15) is 38.2 Å². The molecule has 0 amide bonds. The zero-order valence-corrected chi connectivity index (χ0v) is 54.1. The summed E-state index contributed by atoms with van der Waals surface area (Å²) in [6.45, 7) is 3.59. The summed E-state index contributed by atoms with van der Waals surface area (Å²) in [5.74, 6) is 0.0910. The average Bonchev–Trinajstić information content (AvgIpc) is 1.76. The zero-order chi connectivity index (χ0) is 67.4. The van der Waals surface area contributed by atoms with Gasteiger partial charge in [-0.25, -0.2) is 21.8 Å². The number of nitrogens with one attached hydrogen (secondary N) is 3. The second-order valence-corrected chi connectivity index (χ2v) is 30.1. The normalized spacial score (nSPS) is 12.4. The average molecular weight is 1380 g/mol. The summed E-state index contributed by atoms with van der Waals surface area (Å²) in [6.07, 6.45) is 0.224. The summed E-state index contributed by atoms with van der Waals surface area (Å²) in [7, 11) is -24.1. The van der Waals surface area contributed by atoms with Gasteiger partial charge in [0.15, 0.2) is 10.8 Å². The molecule has 474 valence electrons. The Morgan fingerprint density at radius 1 is 0.474 bits per heavy atom. The second kappa shape index (κ2) is 25.0. The number of aryl methyl sites for hydroxylation is 1. The Hall–Kier alpha value is -10.7. The predicted molar refractivity (Wildman–Crippen MR) is 361 cm³/mol. The largest absolute Gasteiger partial charge is 0.338 e. The van der Waals surface area contributed by atoms with Gasteiger partial charge in [-0.1, -0.05) is 126 Å². The molecule has 6 N–H and O–H groups in total. The third kappa shape index (κ3) is 13.5. The van der Waals surface area contributed by atoms with Crippen LogP contribution < -0.4 is 14.8 Å². The van der Waals surface area contributed by atoms with E-state index in [1.807, 2.05) is 67.6 Å². The number of fused-ring (bicyclic) bond motifs is 4. The van der Waals surface area contributed by atoms with Crippen LogP contribution in [-0.4, -0.2) is 60.7 Å². The molecule has 0 atom stereocenters. The highest BCUT2D eigenvalue weighted by molar-refractivity contribution is 7.93. The highest BCUT2D eigenvalue weighted by atomic mass is 32.2. The first-order valence-corrected chi connectivity index (χ1v) is 36.1. The SMILES string of the molecule is Cc1ccc(Cc2nc(Nc3ccc(S(=O)(=O)O)cc3)c(/N=N/c3sc(/N=N/c4ccc5cc(S(=O)(=O)Nc6cc(S(=O)(=O)O)c7ccccc7c6)cc(S(=O)(=O)Nc6ccc7cccc(S(=O)(=O)O)c7c6)c5c4)c(-c4ccc5ccccc5c4)c3C#N)c(C)c2C#N)cc1. The van der Waals surface area contributed by atoms with E-state index in [4.69, 9.17) is 4.98 Å². The Balaban J connectivity index is 0.988. The first-order valence-electron chi connectivity index (χ1n) is 28.0. The summed E-state index contributed by atoms with van der Waals surface area (Å²) < 4.78 is 168. The molecule has 0 unspecified atom stereocenters. The summed E-state index contributed by atoms with van der Waals surface area (Å²) in [4.78, 5) is 2.06. The fourth-order valence-corrected chi connectivity index (χ4v) is 16.0. The van der Waals surface area contributed by atoms with Crippen LogP contribution in [-0.2, 0) is 56.8 Å². The van der Waals surface area contributed by atoms with Crippen molar-refractivity contribution in [2.45, 2.75) is 44.7 Å². The third-order valence-electron chi connectivity index (χ3n) is 15.2. The van der Waals surface area contributed by atoms with E-state index < -0.39 is 70.0 Å². The van der Waals surface area contributed by atoms with E-state index in [1.165, 1.54) is 97.1 Å². The van der Waals surface area contributed by atoms with Crippen LogP contribution in [0.1, 0.15) is 33.5 Å². The lowest BCUT2D eigenvalue weighted by Gasteiger charge is -2.16. The quantitative estimate of drug-likeness (QED) is 0.0343. The number of aromatic nitrogens is 1. The van der Waals surface area contributed by atoms with Crippen LogP contribution in [0.5, 0.6) is 0 Å². The fraction of sp³-hybridized carbons (Fsp3) is 0.0455. The summed E-state index contributed by atoms with van der Waals surface area (Å²) in [5, 5.41) is 45.6. The second-order valence-electron chi connectivity index (χ2n) is 21.6. The number of thiophene rings is 1. The Labute approximate surface area is 547 Å². The van der Waals surface area contributed by atoms with Gasteiger partial charge in [-0.15, -0.1) is 20.5 Å². The number of sulfonamides is 2. The van der Waals surface area contributed by atoms with Gasteiger partial charge in [-0.05, 0) is 137 Å². The molecule has 0 spiro atoms. The molecule has 0 saturated carbocycles. The topological polar surface area (TPSA) is 377 Å². The molecule has 0 radical (unpaired) electrons. The first kappa shape index (κ1) is 64.4. The van der Waals surface area contributed by atoms with E-state index in [0.717, 1.165) is 57.5 Å². The molecule has 0 aliphatic rings. The molecule has 2 heterocycles. The van der Waals surface area contributed by atoms with Crippen LogP contribution in [0.15, 0.2) is 239 Å². The highest BCUT2D eigenvalue weighted by Crippen LogP contribution is 2.49. The minimum Gasteiger partial charge on any atom is -0.338 e. The maximum absolute atomic E-state index is 15.0. The van der Waals surface area contributed by atoms with Gasteiger partial charge in [0, 0.05) is 45.1 Å². The van der Waals surface area contributed by atoms with Gasteiger partial charge in [0.25, 0.3) is 50.4 Å². The zero-order valence-electron chi connectivity index (χ0n) is 49.2. The van der Waals surface area contributed by atoms with Crippen molar-refractivity contribution in [3.63, 3.8) is 0 Å². The fourth-order valence-electron chi connectivity index (χ4n) is 10.7. The molecule has 10 aromatic carbocycles. The van der Waals surface area contributed by atoms with Crippen molar-refractivity contribution in [2.75, 3.05) is 14.8 Å². The summed E-state index contributed by atoms with van der Waals surface area (Å²) in [5.41, 5.74) is 3.37. The van der Waals surface area contributed by atoms with E-state index >= 15 is 0 Å². The molecular weight excluding hydrogens is 1330 g/mol. The number of hydrogen-bond acceptors (Lipinski definition) is 19. The number of anilines is 4. The van der Waals surface area contributed by atoms with E-state index in [-0.39, 0.29) is 93.5 Å². The minimum atomic E-state index is -4.95. The molecule has 29 heteroatoms. The molecular formula is C66H46N10O13S6. The Bertz CT molecular complexity index is 5980. The molecule has 0 saturated heterocycles. The molecule has 0 fully saturated rings. The molecule has 0 aliphatic heterocycles. The number of nitriles is 2. The van der Waals surface area contributed by atoms with Crippen molar-refractivity contribution in [3.05, 3.63) is 228 Å². The monoisotopic (exact) mass is 1380 g/mol. The van der Waals surface area contributed by atoms with Crippen molar-refractivity contribution in [3.8, 4) is 23.3 Å². The first-order chi connectivity index (χ1) is 45.1. The van der Waals surface area contributed by atoms with E-state index in [2.05, 4.69) is 47.4 Å². The minimum absolute atomic E-state index is 0.00331. The number of benzene rings is 10. The lowest BCUT2D eigenvalue weighted by Crippen LogP contribution is -2.17. The smallest absolute Gasteiger partial charge is 0.295 e. The van der Waals surface area contributed by atoms with Crippen LogP contribution >= 0.6 is 11.3 Å². The van der Waals surface area contributed by atoms with E-state index in [1.54, 1.807) is 19.1 Å². The lowest BCUT2D eigenvalue weighted by atomic mass is 10.00. The van der Waals surface area contributed by atoms with Gasteiger partial charge in [-0.3, -0.25) is 23.1 Å². The van der Waals surface area contributed by atoms with Gasteiger partial charge in [-0.2, -0.15) is 35.8 Å². The van der Waals surface area contributed by atoms with Crippen molar-refractivity contribution in [1.29, 1.82) is 10.5 Å². The molecule has 95 heavy (non-hydrogen) atoms. The molecule has 12 rings (SSSR count). The maximum Gasteiger partial charge on any atom is 0.295 e. The molecule has 0 bridgehead atoms. The summed E-state index contributed by atoms with van der Waals surface area (Å²) in [6, 6.07) is 52.4. The van der Waals surface area contributed by atoms with E-state index in [0.29, 0.717) is 27.9 Å². The van der Waals surface area contributed by atoms with Crippen LogP contribution in [0.4, 0.5) is 44.3 Å². The van der Waals surface area contributed by atoms with Gasteiger partial charge in [0.05, 0.1) is 37.3 Å². The van der Waals surface area contributed by atoms with Crippen molar-refractivity contribution in [1.82, 2.24) is 4.98 Å². The van der Waals surface area contributed by atoms with Crippen LogP contribution in [0.2, 0.25) is 0 Å². The Morgan fingerprint density at radius 2 is 1.09 bits per heavy atom.